The summed E-state index contributed by atoms with van der Waals surface area (Å²) in [5, 5.41) is 20.1. The molecule has 0 aliphatic heterocycles. The van der Waals surface area contributed by atoms with Gasteiger partial charge in [-0.2, -0.15) is 9.64 Å². The number of nitriles is 1. The van der Waals surface area contributed by atoms with Gasteiger partial charge in [-0.25, -0.2) is 0 Å². The van der Waals surface area contributed by atoms with Crippen LogP contribution in [0.5, 0.6) is 0 Å². The van der Waals surface area contributed by atoms with Gasteiger partial charge in [-0.15, -0.1) is 0 Å². The van der Waals surface area contributed by atoms with Gasteiger partial charge in [0.25, 0.3) is 5.43 Å². The van der Waals surface area contributed by atoms with Crippen molar-refractivity contribution in [2.75, 3.05) is 0 Å². The van der Waals surface area contributed by atoms with Crippen LogP contribution in [-0.2, 0) is 0 Å². The molecule has 0 aromatic carbocycles. The molecule has 2 rings (SSSR count). The average Bonchev–Trinajstić information content (AvgIpc) is 2.73. The second-order valence-electron chi connectivity index (χ2n) is 3.25. The van der Waals surface area contributed by atoms with E-state index in [1.807, 2.05) is 6.07 Å². The Labute approximate surface area is 123 Å². The summed E-state index contributed by atoms with van der Waals surface area (Å²) < 4.78 is 5.07. The van der Waals surface area contributed by atoms with E-state index in [1.54, 1.807) is 0 Å². The first-order valence-corrected chi connectivity index (χ1v) is 6.52. The van der Waals surface area contributed by atoms with Gasteiger partial charge >= 0.3 is 5.69 Å². The maximum absolute atomic E-state index is 11.5. The second kappa shape index (κ2) is 5.08. The number of halogens is 2. The largest absolute Gasteiger partial charge is 0.333 e. The maximum atomic E-state index is 11.5. The lowest BCUT2D eigenvalue weighted by Crippen LogP contribution is -2.12. The molecule has 0 amide bonds. The van der Waals surface area contributed by atoms with Gasteiger partial charge in [0.05, 0.1) is 15.6 Å². The Morgan fingerprint density at radius 1 is 1.58 bits per heavy atom. The molecule has 0 bridgehead atoms. The summed E-state index contributed by atoms with van der Waals surface area (Å²) in [7, 11) is 0. The van der Waals surface area contributed by atoms with Crippen LogP contribution < -0.4 is 5.43 Å². The van der Waals surface area contributed by atoms with Crippen molar-refractivity contribution in [1.82, 2.24) is 8.94 Å². The second-order valence-corrected chi connectivity index (χ2v) is 5.21. The molecule has 0 aliphatic rings. The van der Waals surface area contributed by atoms with Crippen molar-refractivity contribution in [1.29, 1.82) is 5.26 Å². The molecular formula is C9H2BrClN4O3S. The molecular weight excluding hydrogens is 360 g/mol. The molecule has 0 aliphatic carbocycles. The minimum Gasteiger partial charge on any atom is -0.305 e. The van der Waals surface area contributed by atoms with E-state index in [2.05, 4.69) is 20.3 Å². The number of hydrogen-bond acceptors (Lipinski definition) is 6. The van der Waals surface area contributed by atoms with Crippen LogP contribution in [0, 0.1) is 21.4 Å². The predicted octanol–water partition coefficient (Wildman–Crippen LogP) is 2.49. The summed E-state index contributed by atoms with van der Waals surface area (Å²) in [5.41, 5.74) is -1.25. The van der Waals surface area contributed by atoms with Crippen molar-refractivity contribution in [3.63, 3.8) is 0 Å². The summed E-state index contributed by atoms with van der Waals surface area (Å²) in [5.74, 6) is 0. The number of pyridine rings is 1. The number of hydrogen-bond donors (Lipinski definition) is 0. The number of rotatable bonds is 2. The van der Waals surface area contributed by atoms with E-state index in [-0.39, 0.29) is 15.2 Å². The van der Waals surface area contributed by atoms with Gasteiger partial charge in [-0.3, -0.25) is 14.9 Å². The van der Waals surface area contributed by atoms with Crippen LogP contribution in [0.15, 0.2) is 21.7 Å². The predicted molar refractivity (Wildman–Crippen MR) is 71.8 cm³/mol. The molecule has 10 heteroatoms. The quantitative estimate of drug-likeness (QED) is 0.604. The minimum absolute atomic E-state index is 0.00936. The summed E-state index contributed by atoms with van der Waals surface area (Å²) in [6.07, 6.45) is 2.35. The first kappa shape index (κ1) is 13.7. The molecule has 0 unspecified atom stereocenters. The standard InChI is InChI=1S/C9H2BrClN4O3S/c10-5-2-14(3-6(7(5)16)15(17)18)9-4(1-12)8(11)13-19-9/h2-3H. The zero-order valence-corrected chi connectivity index (χ0v) is 12.0. The van der Waals surface area contributed by atoms with Gasteiger partial charge in [0.1, 0.15) is 16.6 Å². The molecule has 0 atom stereocenters. The van der Waals surface area contributed by atoms with Gasteiger partial charge in [-0.05, 0) is 27.5 Å². The van der Waals surface area contributed by atoms with Crippen LogP contribution in [0.25, 0.3) is 5.00 Å². The SMILES string of the molecule is N#Cc1c(Cl)nsc1-n1cc(Br)c(=O)c([N+](=O)[O-])c1. The van der Waals surface area contributed by atoms with E-state index in [0.717, 1.165) is 17.7 Å². The van der Waals surface area contributed by atoms with Crippen molar-refractivity contribution >= 4 is 44.8 Å². The summed E-state index contributed by atoms with van der Waals surface area (Å²) in [4.78, 5) is 21.5. The summed E-state index contributed by atoms with van der Waals surface area (Å²) in [6.45, 7) is 0. The third-order valence-corrected chi connectivity index (χ3v) is 3.94. The Morgan fingerprint density at radius 3 is 2.84 bits per heavy atom. The van der Waals surface area contributed by atoms with Crippen molar-refractivity contribution in [2.24, 2.45) is 0 Å². The lowest BCUT2D eigenvalue weighted by molar-refractivity contribution is -0.386. The van der Waals surface area contributed by atoms with Crippen LogP contribution in [0.2, 0.25) is 5.15 Å². The summed E-state index contributed by atoms with van der Waals surface area (Å²) >= 11 is 9.57. The van der Waals surface area contributed by atoms with Gasteiger partial charge < -0.3 is 4.57 Å². The molecule has 0 radical (unpaired) electrons. The fourth-order valence-corrected chi connectivity index (χ4v) is 2.72. The normalized spacial score (nSPS) is 10.2. The van der Waals surface area contributed by atoms with Crippen molar-refractivity contribution in [3.8, 4) is 11.1 Å². The zero-order chi connectivity index (χ0) is 14.2. The van der Waals surface area contributed by atoms with Gasteiger partial charge in [0.2, 0.25) is 0 Å². The average molecular weight is 362 g/mol. The Balaban J connectivity index is 2.74. The van der Waals surface area contributed by atoms with Crippen LogP contribution in [-0.4, -0.2) is 13.9 Å². The van der Waals surface area contributed by atoms with Crippen molar-refractivity contribution < 1.29 is 4.92 Å². The fourth-order valence-electron chi connectivity index (χ4n) is 1.31. The minimum atomic E-state index is -0.793. The molecule has 2 aromatic rings. The topological polar surface area (TPSA) is 102 Å². The Kier molecular flexibility index (Phi) is 3.66. The van der Waals surface area contributed by atoms with Crippen LogP contribution in [0.1, 0.15) is 5.56 Å². The van der Waals surface area contributed by atoms with E-state index < -0.39 is 16.0 Å². The molecule has 2 heterocycles. The molecule has 96 valence electrons. The summed E-state index contributed by atoms with van der Waals surface area (Å²) in [6, 6.07) is 1.86. The van der Waals surface area contributed by atoms with Gasteiger partial charge in [0, 0.05) is 6.20 Å². The van der Waals surface area contributed by atoms with Crippen molar-refractivity contribution in [2.45, 2.75) is 0 Å². The van der Waals surface area contributed by atoms with Crippen molar-refractivity contribution in [3.05, 3.63) is 47.9 Å². The zero-order valence-electron chi connectivity index (χ0n) is 8.83. The van der Waals surface area contributed by atoms with Gasteiger partial charge in [-0.1, -0.05) is 11.6 Å². The van der Waals surface area contributed by atoms with Gasteiger partial charge in [0.15, 0.2) is 5.15 Å². The molecule has 2 aromatic heterocycles. The highest BCUT2D eigenvalue weighted by molar-refractivity contribution is 9.10. The molecule has 0 saturated carbocycles. The van der Waals surface area contributed by atoms with E-state index in [9.17, 15) is 14.9 Å². The Morgan fingerprint density at radius 2 is 2.26 bits per heavy atom. The molecule has 7 nitrogen and oxygen atoms in total. The Hall–Kier alpha value is -1.76. The number of nitrogens with zero attached hydrogens (tertiary/aromatic N) is 4. The monoisotopic (exact) mass is 360 g/mol. The number of nitro groups is 1. The molecule has 0 spiro atoms. The van der Waals surface area contributed by atoms with E-state index in [4.69, 9.17) is 16.9 Å². The molecule has 19 heavy (non-hydrogen) atoms. The highest BCUT2D eigenvalue weighted by Gasteiger charge is 2.20. The van der Waals surface area contributed by atoms with Crippen LogP contribution in [0.3, 0.4) is 0 Å². The molecule has 0 saturated heterocycles. The van der Waals surface area contributed by atoms with Crippen LogP contribution >= 0.6 is 39.1 Å². The lowest BCUT2D eigenvalue weighted by Gasteiger charge is -2.03. The smallest absolute Gasteiger partial charge is 0.305 e. The molecule has 0 N–H and O–H groups in total. The van der Waals surface area contributed by atoms with E-state index in [0.29, 0.717) is 5.00 Å². The number of aromatic nitrogens is 2. The van der Waals surface area contributed by atoms with E-state index in [1.165, 1.54) is 10.8 Å². The highest BCUT2D eigenvalue weighted by atomic mass is 79.9. The first-order valence-electron chi connectivity index (χ1n) is 4.57. The highest BCUT2D eigenvalue weighted by Crippen LogP contribution is 2.27. The van der Waals surface area contributed by atoms with Crippen LogP contribution in [0.4, 0.5) is 5.69 Å². The Bertz CT molecular complexity index is 779. The van der Waals surface area contributed by atoms with E-state index >= 15 is 0 Å². The molecule has 0 fully saturated rings. The fraction of sp³-hybridized carbons (Fsp3) is 0. The lowest BCUT2D eigenvalue weighted by atomic mass is 10.3. The third-order valence-electron chi connectivity index (χ3n) is 2.14. The first-order chi connectivity index (χ1) is 8.95. The maximum Gasteiger partial charge on any atom is 0.333 e. The third kappa shape index (κ3) is 2.37.